The minimum atomic E-state index is -0.727. The fourth-order valence-electron chi connectivity index (χ4n) is 1.72. The smallest absolute Gasteiger partial charge is 0.303 e. The van der Waals surface area contributed by atoms with E-state index in [9.17, 15) is 4.79 Å². The summed E-state index contributed by atoms with van der Waals surface area (Å²) < 4.78 is 0. The lowest BCUT2D eigenvalue weighted by Crippen LogP contribution is -2.20. The molecule has 1 rings (SSSR count). The first-order chi connectivity index (χ1) is 7.50. The first-order valence-corrected chi connectivity index (χ1v) is 5.51. The molecule has 0 unspecified atom stereocenters. The van der Waals surface area contributed by atoms with Gasteiger partial charge in [0.1, 0.15) is 0 Å². The minimum absolute atomic E-state index is 0.231. The Morgan fingerprint density at radius 2 is 2.06 bits per heavy atom. The molecule has 88 valence electrons. The first-order valence-electron chi connectivity index (χ1n) is 5.51. The molecule has 0 aliphatic heterocycles. The van der Waals surface area contributed by atoms with Gasteiger partial charge in [0.15, 0.2) is 0 Å². The third kappa shape index (κ3) is 3.57. The van der Waals surface area contributed by atoms with Gasteiger partial charge in [0, 0.05) is 25.7 Å². The molecule has 3 nitrogen and oxygen atoms in total. The van der Waals surface area contributed by atoms with E-state index in [0.29, 0.717) is 6.42 Å². The summed E-state index contributed by atoms with van der Waals surface area (Å²) >= 11 is 0. The normalized spacial score (nSPS) is 10.2. The number of carbonyl (C=O) groups is 1. The minimum Gasteiger partial charge on any atom is -0.481 e. The highest BCUT2D eigenvalue weighted by molar-refractivity contribution is 5.66. The number of aryl methyl sites for hydroxylation is 2. The molecule has 0 spiro atoms. The molecule has 3 heteroatoms. The third-order valence-corrected chi connectivity index (χ3v) is 2.66. The van der Waals surface area contributed by atoms with Crippen molar-refractivity contribution in [3.63, 3.8) is 0 Å². The molecule has 16 heavy (non-hydrogen) atoms. The SMILES string of the molecule is Cc1ccc(C)c(N(C)CCCC(=O)O)c1. The second-order valence-corrected chi connectivity index (χ2v) is 4.21. The van der Waals surface area contributed by atoms with Gasteiger partial charge in [-0.25, -0.2) is 0 Å². The number of anilines is 1. The highest BCUT2D eigenvalue weighted by Gasteiger charge is 2.05. The van der Waals surface area contributed by atoms with E-state index >= 15 is 0 Å². The van der Waals surface area contributed by atoms with E-state index in [4.69, 9.17) is 5.11 Å². The van der Waals surface area contributed by atoms with Crippen LogP contribution in [0, 0.1) is 13.8 Å². The first kappa shape index (κ1) is 12.6. The van der Waals surface area contributed by atoms with Gasteiger partial charge in [0.25, 0.3) is 0 Å². The summed E-state index contributed by atoms with van der Waals surface area (Å²) in [5.74, 6) is -0.727. The Morgan fingerprint density at radius 1 is 1.38 bits per heavy atom. The van der Waals surface area contributed by atoms with Crippen molar-refractivity contribution in [2.75, 3.05) is 18.5 Å². The van der Waals surface area contributed by atoms with Gasteiger partial charge < -0.3 is 10.0 Å². The third-order valence-electron chi connectivity index (χ3n) is 2.66. The van der Waals surface area contributed by atoms with Crippen LogP contribution in [0.2, 0.25) is 0 Å². The average molecular weight is 221 g/mol. The summed E-state index contributed by atoms with van der Waals surface area (Å²) in [6.07, 6.45) is 0.911. The molecule has 0 atom stereocenters. The number of carboxylic acids is 1. The zero-order valence-corrected chi connectivity index (χ0v) is 10.2. The molecule has 0 saturated carbocycles. The van der Waals surface area contributed by atoms with Gasteiger partial charge in [0.2, 0.25) is 0 Å². The van der Waals surface area contributed by atoms with Crippen LogP contribution in [0.25, 0.3) is 0 Å². The van der Waals surface area contributed by atoms with Crippen LogP contribution in [0.3, 0.4) is 0 Å². The number of carboxylic acid groups (broad SMARTS) is 1. The predicted molar refractivity (Wildman–Crippen MR) is 66.1 cm³/mol. The van der Waals surface area contributed by atoms with Crippen molar-refractivity contribution >= 4 is 11.7 Å². The number of rotatable bonds is 5. The van der Waals surface area contributed by atoms with Crippen LogP contribution in [-0.2, 0) is 4.79 Å². The molecule has 0 heterocycles. The summed E-state index contributed by atoms with van der Waals surface area (Å²) in [6.45, 7) is 4.91. The van der Waals surface area contributed by atoms with E-state index in [-0.39, 0.29) is 6.42 Å². The fraction of sp³-hybridized carbons (Fsp3) is 0.462. The molecule has 0 radical (unpaired) electrons. The number of nitrogens with zero attached hydrogens (tertiary/aromatic N) is 1. The predicted octanol–water partition coefficient (Wildman–Crippen LogP) is 2.60. The van der Waals surface area contributed by atoms with Gasteiger partial charge >= 0.3 is 5.97 Å². The number of benzene rings is 1. The molecule has 0 bridgehead atoms. The number of aliphatic carboxylic acids is 1. The van der Waals surface area contributed by atoms with Crippen LogP contribution in [0.4, 0.5) is 5.69 Å². The highest BCUT2D eigenvalue weighted by Crippen LogP contribution is 2.20. The van der Waals surface area contributed by atoms with E-state index in [1.165, 1.54) is 16.8 Å². The molecular weight excluding hydrogens is 202 g/mol. The fourth-order valence-corrected chi connectivity index (χ4v) is 1.72. The second kappa shape index (κ2) is 5.54. The van der Waals surface area contributed by atoms with Crippen molar-refractivity contribution in [3.05, 3.63) is 29.3 Å². The summed E-state index contributed by atoms with van der Waals surface area (Å²) in [7, 11) is 2.00. The van der Waals surface area contributed by atoms with E-state index in [2.05, 4.69) is 36.9 Å². The van der Waals surface area contributed by atoms with Gasteiger partial charge in [0.05, 0.1) is 0 Å². The maximum atomic E-state index is 10.4. The number of hydrogen-bond donors (Lipinski definition) is 1. The quantitative estimate of drug-likeness (QED) is 0.830. The Hall–Kier alpha value is -1.51. The van der Waals surface area contributed by atoms with E-state index < -0.39 is 5.97 Å². The lowest BCUT2D eigenvalue weighted by Gasteiger charge is -2.21. The van der Waals surface area contributed by atoms with E-state index in [0.717, 1.165) is 6.54 Å². The van der Waals surface area contributed by atoms with Gasteiger partial charge in [-0.3, -0.25) is 4.79 Å². The monoisotopic (exact) mass is 221 g/mol. The van der Waals surface area contributed by atoms with Crippen LogP contribution in [0.15, 0.2) is 18.2 Å². The van der Waals surface area contributed by atoms with Gasteiger partial charge in [-0.15, -0.1) is 0 Å². The molecule has 1 aromatic rings. The molecule has 0 fully saturated rings. The molecular formula is C13H19NO2. The van der Waals surface area contributed by atoms with Crippen molar-refractivity contribution in [2.45, 2.75) is 26.7 Å². The Kier molecular flexibility index (Phi) is 4.35. The van der Waals surface area contributed by atoms with Crippen LogP contribution < -0.4 is 4.90 Å². The second-order valence-electron chi connectivity index (χ2n) is 4.21. The van der Waals surface area contributed by atoms with Crippen molar-refractivity contribution < 1.29 is 9.90 Å². The number of hydrogen-bond acceptors (Lipinski definition) is 2. The average Bonchev–Trinajstić information content (AvgIpc) is 2.21. The Balaban J connectivity index is 2.61. The maximum absolute atomic E-state index is 10.4. The Bertz CT molecular complexity index is 374. The standard InChI is InChI=1S/C13H19NO2/c1-10-6-7-11(2)12(9-10)14(3)8-4-5-13(15)16/h6-7,9H,4-5,8H2,1-3H3,(H,15,16). The topological polar surface area (TPSA) is 40.5 Å². The van der Waals surface area contributed by atoms with Crippen molar-refractivity contribution in [1.82, 2.24) is 0 Å². The van der Waals surface area contributed by atoms with Gasteiger partial charge in [-0.2, -0.15) is 0 Å². The van der Waals surface area contributed by atoms with Crippen molar-refractivity contribution in [1.29, 1.82) is 0 Å². The molecule has 0 amide bonds. The molecule has 0 aliphatic rings. The largest absolute Gasteiger partial charge is 0.481 e. The zero-order chi connectivity index (χ0) is 12.1. The molecule has 1 N–H and O–H groups in total. The molecule has 0 saturated heterocycles. The Morgan fingerprint density at radius 3 is 2.69 bits per heavy atom. The van der Waals surface area contributed by atoms with E-state index in [1.54, 1.807) is 0 Å². The molecule has 0 aromatic heterocycles. The van der Waals surface area contributed by atoms with Crippen molar-refractivity contribution in [3.8, 4) is 0 Å². The summed E-state index contributed by atoms with van der Waals surface area (Å²) in [5, 5.41) is 8.58. The summed E-state index contributed by atoms with van der Waals surface area (Å²) in [5.41, 5.74) is 3.64. The van der Waals surface area contributed by atoms with Gasteiger partial charge in [-0.1, -0.05) is 12.1 Å². The zero-order valence-electron chi connectivity index (χ0n) is 10.2. The van der Waals surface area contributed by atoms with Crippen molar-refractivity contribution in [2.24, 2.45) is 0 Å². The summed E-state index contributed by atoms with van der Waals surface area (Å²) in [6, 6.07) is 6.32. The maximum Gasteiger partial charge on any atom is 0.303 e. The van der Waals surface area contributed by atoms with Crippen LogP contribution in [0.5, 0.6) is 0 Å². The van der Waals surface area contributed by atoms with E-state index in [1.807, 2.05) is 7.05 Å². The summed E-state index contributed by atoms with van der Waals surface area (Å²) in [4.78, 5) is 12.5. The Labute approximate surface area is 96.7 Å². The van der Waals surface area contributed by atoms with Crippen LogP contribution >= 0.6 is 0 Å². The van der Waals surface area contributed by atoms with Gasteiger partial charge in [-0.05, 0) is 37.5 Å². The lowest BCUT2D eigenvalue weighted by molar-refractivity contribution is -0.137. The highest BCUT2D eigenvalue weighted by atomic mass is 16.4. The molecule has 1 aromatic carbocycles. The van der Waals surface area contributed by atoms with Crippen LogP contribution in [-0.4, -0.2) is 24.7 Å². The molecule has 0 aliphatic carbocycles. The lowest BCUT2D eigenvalue weighted by atomic mass is 10.1. The van der Waals surface area contributed by atoms with Crippen LogP contribution in [0.1, 0.15) is 24.0 Å².